The predicted molar refractivity (Wildman–Crippen MR) is 426 cm³/mol. The Kier molecular flexibility index (Phi) is 12.9. The lowest BCUT2D eigenvalue weighted by molar-refractivity contribution is 0.768. The Morgan fingerprint density at radius 1 is 0.167 bits per heavy atom. The summed E-state index contributed by atoms with van der Waals surface area (Å²) in [5.74, 6) is 0. The van der Waals surface area contributed by atoms with E-state index in [1.54, 1.807) is 0 Å². The first-order chi connectivity index (χ1) is 50.6. The maximum absolute atomic E-state index is 2.52. The zero-order valence-corrected chi connectivity index (χ0v) is 55.8. The zero-order valence-electron chi connectivity index (χ0n) is 55.8. The van der Waals surface area contributed by atoms with Crippen molar-refractivity contribution >= 4 is 65.2 Å². The molecule has 2 nitrogen and oxygen atoms in total. The summed E-state index contributed by atoms with van der Waals surface area (Å²) in [6, 6.07) is 146. The second-order valence-corrected chi connectivity index (χ2v) is 27.7. The summed E-state index contributed by atoms with van der Waals surface area (Å²) in [5, 5.41) is 9.84. The van der Waals surface area contributed by atoms with Gasteiger partial charge in [-0.15, -0.1) is 0 Å². The molecule has 0 N–H and O–H groups in total. The molecule has 0 saturated carbocycles. The van der Waals surface area contributed by atoms with E-state index in [0.29, 0.717) is 0 Å². The monoisotopic (exact) mass is 1290 g/mol. The lowest BCUT2D eigenvalue weighted by Gasteiger charge is -2.34. The highest BCUT2D eigenvalue weighted by Crippen LogP contribution is 2.60. The summed E-state index contributed by atoms with van der Waals surface area (Å²) in [5.41, 5.74) is 30.3. The molecule has 0 spiro atoms. The molecule has 0 bridgehead atoms. The van der Waals surface area contributed by atoms with E-state index in [0.717, 1.165) is 22.5 Å². The molecule has 0 saturated heterocycles. The normalized spacial score (nSPS) is 13.3. The fourth-order valence-corrected chi connectivity index (χ4v) is 18.4. The topological polar surface area (TPSA) is 9.86 Å². The molecule has 0 radical (unpaired) electrons. The van der Waals surface area contributed by atoms with Crippen molar-refractivity contribution in [2.24, 2.45) is 0 Å². The smallest absolute Gasteiger partial charge is 0.0714 e. The van der Waals surface area contributed by atoms with Crippen LogP contribution in [-0.4, -0.2) is 9.13 Å². The van der Waals surface area contributed by atoms with Gasteiger partial charge in [-0.2, -0.15) is 0 Å². The van der Waals surface area contributed by atoms with Crippen molar-refractivity contribution in [3.05, 3.63) is 433 Å². The summed E-state index contributed by atoms with van der Waals surface area (Å²) in [4.78, 5) is 0. The van der Waals surface area contributed by atoms with Gasteiger partial charge < -0.3 is 9.13 Å². The summed E-state index contributed by atoms with van der Waals surface area (Å²) in [6.45, 7) is 0. The standard InChI is InChI=1S/C100H64N2/c1-7-27-65(28-8-1)97-85-55-49-68(70-48-54-78-80-58-52-76(102-95-45-25-21-41-83(95)84-42-22-26-46-96(84)102)64-92(80)100(90(78)62-70,73-35-15-5-16-36-73)74-37-17-6-18-38-74)60-88(85)98(66-29-9-2-10-30-66)86-56-50-67(59-87(86)97)69-47-53-77-79-57-51-75(101-93-43-23-19-39-81(93)82-40-20-24-44-94(82)101)63-91(79)99(89(77)61-69,71-31-11-3-12-32-71)72-33-13-4-14-34-72/h1-64H. The van der Waals surface area contributed by atoms with Crippen LogP contribution in [0.1, 0.15) is 44.5 Å². The minimum absolute atomic E-state index is 0.649. The van der Waals surface area contributed by atoms with E-state index in [1.165, 1.54) is 165 Å². The van der Waals surface area contributed by atoms with Crippen molar-refractivity contribution in [1.82, 2.24) is 9.13 Å². The molecule has 2 heteroatoms. The largest absolute Gasteiger partial charge is 0.309 e. The average molecular weight is 1290 g/mol. The first-order valence-electron chi connectivity index (χ1n) is 35.5. The maximum atomic E-state index is 2.52. The summed E-state index contributed by atoms with van der Waals surface area (Å²) in [7, 11) is 0. The van der Waals surface area contributed by atoms with Gasteiger partial charge in [-0.3, -0.25) is 0 Å². The van der Waals surface area contributed by atoms with Crippen LogP contribution < -0.4 is 0 Å². The molecule has 17 aromatic carbocycles. The molecule has 2 aliphatic rings. The van der Waals surface area contributed by atoms with Crippen LogP contribution in [0.15, 0.2) is 388 Å². The summed E-state index contributed by atoms with van der Waals surface area (Å²) in [6.07, 6.45) is 0. The molecule has 2 aliphatic carbocycles. The van der Waals surface area contributed by atoms with E-state index in [1.807, 2.05) is 0 Å². The molecule has 0 fully saturated rings. The van der Waals surface area contributed by atoms with Gasteiger partial charge in [0.25, 0.3) is 0 Å². The van der Waals surface area contributed by atoms with Crippen molar-refractivity contribution in [3.63, 3.8) is 0 Å². The van der Waals surface area contributed by atoms with Crippen LogP contribution in [0.3, 0.4) is 0 Å². The van der Waals surface area contributed by atoms with Gasteiger partial charge in [-0.1, -0.05) is 315 Å². The highest BCUT2D eigenvalue weighted by molar-refractivity contribution is 6.23. The van der Waals surface area contributed by atoms with E-state index in [-0.39, 0.29) is 0 Å². The second kappa shape index (κ2) is 22.7. The minimum Gasteiger partial charge on any atom is -0.309 e. The number of benzene rings is 17. The number of hydrogen-bond donors (Lipinski definition) is 0. The van der Waals surface area contributed by atoms with Crippen LogP contribution in [-0.2, 0) is 10.8 Å². The Labute approximate surface area is 592 Å². The molecular weight excluding hydrogens is 1230 g/mol. The Morgan fingerprint density at radius 3 is 0.745 bits per heavy atom. The highest BCUT2D eigenvalue weighted by Gasteiger charge is 2.48. The third-order valence-corrected chi connectivity index (χ3v) is 22.7. The summed E-state index contributed by atoms with van der Waals surface area (Å²) < 4.78 is 4.93. The first kappa shape index (κ1) is 57.9. The third kappa shape index (κ3) is 8.35. The van der Waals surface area contributed by atoms with Crippen LogP contribution in [0.4, 0.5) is 0 Å². The fourth-order valence-electron chi connectivity index (χ4n) is 18.4. The molecular formula is C100H64N2. The molecule has 0 atom stereocenters. The van der Waals surface area contributed by atoms with Crippen LogP contribution in [0.2, 0.25) is 0 Å². The summed E-state index contributed by atoms with van der Waals surface area (Å²) >= 11 is 0. The molecule has 2 heterocycles. The number of nitrogens with zero attached hydrogens (tertiary/aromatic N) is 2. The highest BCUT2D eigenvalue weighted by atomic mass is 15.0. The molecule has 19 aromatic rings. The van der Waals surface area contributed by atoms with Crippen molar-refractivity contribution in [2.75, 3.05) is 0 Å². The van der Waals surface area contributed by atoms with Crippen LogP contribution in [0, 0.1) is 0 Å². The predicted octanol–water partition coefficient (Wildman–Crippen LogP) is 25.6. The lowest BCUT2D eigenvalue weighted by atomic mass is 9.67. The van der Waals surface area contributed by atoms with Gasteiger partial charge in [-0.25, -0.2) is 0 Å². The van der Waals surface area contributed by atoms with Gasteiger partial charge in [0, 0.05) is 32.9 Å². The first-order valence-corrected chi connectivity index (χ1v) is 35.5. The SMILES string of the molecule is c1ccc(-c2c3ccc(-c4ccc5c(c4)C(c4ccccc4)(c4ccccc4)c4cc(-n6c7ccccc7c7ccccc76)ccc4-5)cc3c(-c3ccccc3)c3ccc(-c4ccc5c(c4)C(c4ccccc4)(c4ccccc4)c4cc(-n6c7ccccc7c7ccccc76)ccc4-5)cc23)cc1. The van der Waals surface area contributed by atoms with Gasteiger partial charge >= 0.3 is 0 Å². The van der Waals surface area contributed by atoms with Gasteiger partial charge in [0.2, 0.25) is 0 Å². The van der Waals surface area contributed by atoms with Crippen LogP contribution in [0.25, 0.3) is 143 Å². The van der Waals surface area contributed by atoms with Crippen LogP contribution in [0.5, 0.6) is 0 Å². The Bertz CT molecular complexity index is 5990. The van der Waals surface area contributed by atoms with Crippen LogP contribution >= 0.6 is 0 Å². The van der Waals surface area contributed by atoms with Crippen molar-refractivity contribution < 1.29 is 0 Å². The number of hydrogen-bond acceptors (Lipinski definition) is 0. The van der Waals surface area contributed by atoms with E-state index in [9.17, 15) is 0 Å². The van der Waals surface area contributed by atoms with Gasteiger partial charge in [0.15, 0.2) is 0 Å². The molecule has 474 valence electrons. The molecule has 0 amide bonds. The molecule has 0 unspecified atom stereocenters. The second-order valence-electron chi connectivity index (χ2n) is 27.7. The van der Waals surface area contributed by atoms with Crippen molar-refractivity contribution in [3.8, 4) is 78.1 Å². The third-order valence-electron chi connectivity index (χ3n) is 22.7. The number of fused-ring (bicyclic) bond motifs is 14. The molecule has 2 aromatic heterocycles. The minimum atomic E-state index is -0.649. The van der Waals surface area contributed by atoms with Crippen molar-refractivity contribution in [1.29, 1.82) is 0 Å². The number of aromatic nitrogens is 2. The number of para-hydroxylation sites is 4. The number of rotatable bonds is 10. The Balaban J connectivity index is 0.759. The fraction of sp³-hybridized carbons (Fsp3) is 0.0200. The Morgan fingerprint density at radius 2 is 0.422 bits per heavy atom. The van der Waals surface area contributed by atoms with E-state index >= 15 is 0 Å². The van der Waals surface area contributed by atoms with E-state index < -0.39 is 10.8 Å². The lowest BCUT2D eigenvalue weighted by Crippen LogP contribution is -2.28. The van der Waals surface area contributed by atoms with Crippen molar-refractivity contribution in [2.45, 2.75) is 10.8 Å². The molecule has 0 aliphatic heterocycles. The quantitative estimate of drug-likeness (QED) is 0.121. The molecule has 102 heavy (non-hydrogen) atoms. The van der Waals surface area contributed by atoms with E-state index in [2.05, 4.69) is 397 Å². The van der Waals surface area contributed by atoms with Gasteiger partial charge in [0.05, 0.1) is 32.9 Å². The van der Waals surface area contributed by atoms with E-state index in [4.69, 9.17) is 0 Å². The average Bonchev–Trinajstić information content (AvgIpc) is 1.52. The van der Waals surface area contributed by atoms with Gasteiger partial charge in [-0.05, 0) is 206 Å². The molecule has 21 rings (SSSR count). The zero-order chi connectivity index (χ0) is 67.0. The van der Waals surface area contributed by atoms with Gasteiger partial charge in [0.1, 0.15) is 0 Å². The maximum Gasteiger partial charge on any atom is 0.0714 e. The Hall–Kier alpha value is -13.1.